The molecular weight excluding hydrogens is 1060 g/mol. The zero-order chi connectivity index (χ0) is 64.2. The van der Waals surface area contributed by atoms with Crippen molar-refractivity contribution in [2.45, 2.75) is 335 Å². The molecule has 0 saturated carbocycles. The number of piperidine rings is 4. The number of nitrogens with one attached hydrogen (secondary N) is 4. The summed E-state index contributed by atoms with van der Waals surface area (Å²) in [6.45, 7) is 49.6. The Morgan fingerprint density at radius 3 is 0.698 bits per heavy atom. The maximum absolute atomic E-state index is 5.29. The van der Waals surface area contributed by atoms with Gasteiger partial charge in [-0.15, -0.1) is 0 Å². The van der Waals surface area contributed by atoms with E-state index in [0.29, 0.717) is 47.5 Å². The molecule has 4 atom stereocenters. The van der Waals surface area contributed by atoms with Crippen LogP contribution in [0.5, 0.6) is 0 Å². The van der Waals surface area contributed by atoms with Crippen LogP contribution in [0.4, 0.5) is 35.7 Å². The smallest absolute Gasteiger partial charge is 0.231 e. The Labute approximate surface area is 528 Å². The summed E-state index contributed by atoms with van der Waals surface area (Å²) < 4.78 is 0. The van der Waals surface area contributed by atoms with E-state index in [2.05, 4.69) is 231 Å². The van der Waals surface area contributed by atoms with Crippen molar-refractivity contribution in [1.82, 2.24) is 49.5 Å². The van der Waals surface area contributed by atoms with Crippen LogP contribution in [0.1, 0.15) is 267 Å². The Bertz CT molecular complexity index is 2050. The molecule has 0 aliphatic carbocycles. The van der Waals surface area contributed by atoms with E-state index in [1.807, 2.05) is 0 Å². The van der Waals surface area contributed by atoms with Gasteiger partial charge in [0.15, 0.2) is 0 Å². The lowest BCUT2D eigenvalue weighted by Crippen LogP contribution is -2.60. The summed E-state index contributed by atoms with van der Waals surface area (Å²) in [5.74, 6) is 6.21. The van der Waals surface area contributed by atoms with Crippen LogP contribution in [0.25, 0.3) is 0 Å². The second kappa shape index (κ2) is 28.4. The van der Waals surface area contributed by atoms with Crippen molar-refractivity contribution in [2.75, 3.05) is 86.4 Å². The van der Waals surface area contributed by atoms with E-state index in [1.54, 1.807) is 0 Å². The Balaban J connectivity index is 1.20. The molecule has 0 radical (unpaired) electrons. The third kappa shape index (κ3) is 17.8. The highest BCUT2D eigenvalue weighted by Crippen LogP contribution is 2.47. The van der Waals surface area contributed by atoms with Gasteiger partial charge in [-0.05, 0) is 253 Å². The molecule has 16 nitrogen and oxygen atoms in total. The Kier molecular flexibility index (Phi) is 23.7. The standard InChI is InChI=1S/C70H134N16/c1-27-35-53(49-41-63(5,6)83(23)64(7,8)42-49)71-57-75-58(72-54(36-28-2)50-43-65(9,10)84(24)66(11,12)44-50)78-61(77-57)81(21)39-33-31-32-34-40-82(22)62-79-59(73-55(37-29-3)51-45-67(13,14)85(25)68(15,16)46-51)76-60(80-62)74-56(38-30-4)52-47-69(17,18)86(26)70(19,20)48-52/h49-56H,27-48H2,1-26H3,(H2,71,72,75,77,78)(H2,73,74,76,79,80). The second-order valence-electron chi connectivity index (χ2n) is 33.4. The third-order valence-corrected chi connectivity index (χ3v) is 23.0. The van der Waals surface area contributed by atoms with Crippen molar-refractivity contribution in [3.8, 4) is 0 Å². The highest BCUT2D eigenvalue weighted by atomic mass is 15.4. The molecule has 6 heterocycles. The first-order valence-electron chi connectivity index (χ1n) is 34.8. The molecule has 494 valence electrons. The molecule has 16 heteroatoms. The first-order chi connectivity index (χ1) is 39.8. The zero-order valence-corrected chi connectivity index (χ0v) is 60.5. The number of hydrogen-bond donors (Lipinski definition) is 4. The van der Waals surface area contributed by atoms with Gasteiger partial charge in [0.25, 0.3) is 0 Å². The molecule has 4 unspecified atom stereocenters. The average molecular weight is 1200 g/mol. The molecule has 4 fully saturated rings. The van der Waals surface area contributed by atoms with Gasteiger partial charge < -0.3 is 31.1 Å². The summed E-state index contributed by atoms with van der Waals surface area (Å²) in [5, 5.41) is 16.0. The number of hydrogen-bond acceptors (Lipinski definition) is 16. The molecule has 0 spiro atoms. The first-order valence-corrected chi connectivity index (χ1v) is 34.8. The molecule has 4 saturated heterocycles. The Hall–Kier alpha value is -3.34. The molecule has 0 bridgehead atoms. The van der Waals surface area contributed by atoms with Gasteiger partial charge in [0, 0.05) is 95.7 Å². The van der Waals surface area contributed by atoms with E-state index in [9.17, 15) is 0 Å². The van der Waals surface area contributed by atoms with Crippen LogP contribution in [0.3, 0.4) is 0 Å². The lowest BCUT2D eigenvalue weighted by atomic mass is 9.70. The number of anilines is 6. The number of nitrogens with zero attached hydrogens (tertiary/aromatic N) is 12. The highest BCUT2D eigenvalue weighted by molar-refractivity contribution is 5.46. The molecule has 2 aromatic rings. The number of aromatic nitrogens is 6. The van der Waals surface area contributed by atoms with Gasteiger partial charge in [-0.2, -0.15) is 29.9 Å². The van der Waals surface area contributed by atoms with Crippen molar-refractivity contribution in [2.24, 2.45) is 23.7 Å². The summed E-state index contributed by atoms with van der Waals surface area (Å²) in [7, 11) is 13.6. The highest BCUT2D eigenvalue weighted by Gasteiger charge is 2.49. The monoisotopic (exact) mass is 1200 g/mol. The van der Waals surface area contributed by atoms with Crippen molar-refractivity contribution < 1.29 is 0 Å². The normalized spacial score (nSPS) is 24.2. The molecule has 4 aliphatic rings. The molecule has 2 aromatic heterocycles. The summed E-state index contributed by atoms with van der Waals surface area (Å²) >= 11 is 0. The maximum Gasteiger partial charge on any atom is 0.231 e. The third-order valence-electron chi connectivity index (χ3n) is 23.0. The van der Waals surface area contributed by atoms with Gasteiger partial charge in [0.1, 0.15) is 0 Å². The quantitative estimate of drug-likeness (QED) is 0.0573. The summed E-state index contributed by atoms with van der Waals surface area (Å²) in [5.41, 5.74) is 0.702. The van der Waals surface area contributed by atoms with Crippen LogP contribution in [0, 0.1) is 23.7 Å². The van der Waals surface area contributed by atoms with Crippen molar-refractivity contribution in [3.63, 3.8) is 0 Å². The van der Waals surface area contributed by atoms with E-state index in [4.69, 9.17) is 29.9 Å². The first kappa shape index (κ1) is 71.7. The van der Waals surface area contributed by atoms with Gasteiger partial charge in [-0.3, -0.25) is 19.6 Å². The summed E-state index contributed by atoms with van der Waals surface area (Å²) in [6.07, 6.45) is 22.0. The molecule has 0 amide bonds. The fourth-order valence-corrected chi connectivity index (χ4v) is 17.1. The minimum absolute atomic E-state index is 0.0878. The van der Waals surface area contributed by atoms with Crippen LogP contribution in [0.2, 0.25) is 0 Å². The van der Waals surface area contributed by atoms with Crippen LogP contribution in [0.15, 0.2) is 0 Å². The topological polar surface area (TPSA) is 145 Å². The van der Waals surface area contributed by atoms with Crippen LogP contribution >= 0.6 is 0 Å². The lowest BCUT2D eigenvalue weighted by Gasteiger charge is -2.55. The van der Waals surface area contributed by atoms with Crippen molar-refractivity contribution in [1.29, 1.82) is 0 Å². The van der Waals surface area contributed by atoms with Crippen molar-refractivity contribution >= 4 is 35.7 Å². The molecule has 6 rings (SSSR count). The van der Waals surface area contributed by atoms with Gasteiger partial charge in [-0.25, -0.2) is 0 Å². The Morgan fingerprint density at radius 2 is 0.523 bits per heavy atom. The van der Waals surface area contributed by atoms with E-state index in [-0.39, 0.29) is 68.5 Å². The van der Waals surface area contributed by atoms with E-state index < -0.39 is 0 Å². The Morgan fingerprint density at radius 1 is 0.337 bits per heavy atom. The molecule has 4 N–H and O–H groups in total. The van der Waals surface area contributed by atoms with Crippen LogP contribution in [-0.4, -0.2) is 173 Å². The van der Waals surface area contributed by atoms with E-state index in [1.165, 1.54) is 0 Å². The predicted molar refractivity (Wildman–Crippen MR) is 369 cm³/mol. The van der Waals surface area contributed by atoms with Gasteiger partial charge >= 0.3 is 0 Å². The summed E-state index contributed by atoms with van der Waals surface area (Å²) in [4.78, 5) is 46.6. The van der Waals surface area contributed by atoms with E-state index in [0.717, 1.165) is 153 Å². The fraction of sp³-hybridized carbons (Fsp3) is 0.914. The molecule has 0 aromatic carbocycles. The predicted octanol–water partition coefficient (Wildman–Crippen LogP) is 15.1. The largest absolute Gasteiger partial charge is 0.351 e. The fourth-order valence-electron chi connectivity index (χ4n) is 17.1. The minimum Gasteiger partial charge on any atom is -0.351 e. The minimum atomic E-state index is 0.0878. The number of likely N-dealkylation sites (tertiary alicyclic amines) is 4. The van der Waals surface area contributed by atoms with Gasteiger partial charge in [-0.1, -0.05) is 66.2 Å². The summed E-state index contributed by atoms with van der Waals surface area (Å²) in [6, 6.07) is 1.03. The average Bonchev–Trinajstić information content (AvgIpc) is 3.61. The van der Waals surface area contributed by atoms with E-state index >= 15 is 0 Å². The molecule has 4 aliphatic heterocycles. The van der Waals surface area contributed by atoms with Crippen LogP contribution in [-0.2, 0) is 0 Å². The second-order valence-corrected chi connectivity index (χ2v) is 33.4. The van der Waals surface area contributed by atoms with Crippen molar-refractivity contribution in [3.05, 3.63) is 0 Å². The van der Waals surface area contributed by atoms with Gasteiger partial charge in [0.05, 0.1) is 0 Å². The maximum atomic E-state index is 5.29. The number of rotatable bonds is 29. The molecular formula is C70H134N16. The molecule has 86 heavy (non-hydrogen) atoms. The van der Waals surface area contributed by atoms with Gasteiger partial charge in [0.2, 0.25) is 35.7 Å². The number of unbranched alkanes of at least 4 members (excludes halogenated alkanes) is 3. The lowest BCUT2D eigenvalue weighted by molar-refractivity contribution is -0.0349. The SMILES string of the molecule is CCCC(Nc1nc(NC(CCC)C2CC(C)(C)N(C)C(C)(C)C2)nc(N(C)CCCCCCN(C)c2nc(NC(CCC)C3CC(C)(C)N(C)C(C)(C)C3)nc(NC(CCC)C3CC(C)(C)N(C)C(C)(C)C3)n2)n1)C1CC(C)(C)N(C)C(C)(C)C1. The van der Waals surface area contributed by atoms with Crippen LogP contribution < -0.4 is 31.1 Å². The zero-order valence-electron chi connectivity index (χ0n) is 60.5.